The van der Waals surface area contributed by atoms with E-state index in [1.165, 1.54) is 16.7 Å². The maximum Gasteiger partial charge on any atom is 0.160 e. The summed E-state index contributed by atoms with van der Waals surface area (Å²) < 4.78 is 0. The number of pyridine rings is 1. The van der Waals surface area contributed by atoms with Crippen molar-refractivity contribution < 1.29 is 0 Å². The predicted molar refractivity (Wildman–Crippen MR) is 176 cm³/mol. The van der Waals surface area contributed by atoms with Crippen molar-refractivity contribution >= 4 is 17.1 Å². The first-order valence-corrected chi connectivity index (χ1v) is 14.9. The molecule has 4 heteroatoms. The van der Waals surface area contributed by atoms with E-state index in [1.54, 1.807) is 0 Å². The topological polar surface area (TPSA) is 41.9 Å². The molecule has 9 rings (SSSR count). The van der Waals surface area contributed by atoms with Crippen LogP contribution < -0.4 is 4.90 Å². The van der Waals surface area contributed by atoms with E-state index in [0.29, 0.717) is 5.82 Å². The quantitative estimate of drug-likeness (QED) is 0.215. The molecule has 2 aliphatic rings. The molecule has 1 spiro atoms. The monoisotopic (exact) mass is 562 g/mol. The third-order valence-corrected chi connectivity index (χ3v) is 8.96. The summed E-state index contributed by atoms with van der Waals surface area (Å²) in [5, 5.41) is 0. The van der Waals surface area contributed by atoms with Gasteiger partial charge < -0.3 is 4.90 Å². The van der Waals surface area contributed by atoms with Gasteiger partial charge in [-0.2, -0.15) is 0 Å². The third-order valence-electron chi connectivity index (χ3n) is 8.96. The maximum absolute atomic E-state index is 5.55. The molecule has 0 saturated carbocycles. The first kappa shape index (κ1) is 24.7. The molecule has 4 nitrogen and oxygen atoms in total. The lowest BCUT2D eigenvalue weighted by molar-refractivity contribution is 0.723. The van der Waals surface area contributed by atoms with Crippen molar-refractivity contribution in [2.45, 2.75) is 5.41 Å². The average molecular weight is 563 g/mol. The highest BCUT2D eigenvalue weighted by molar-refractivity contribution is 5.98. The van der Waals surface area contributed by atoms with E-state index < -0.39 is 5.41 Å². The summed E-state index contributed by atoms with van der Waals surface area (Å²) in [6.45, 7) is 0. The summed E-state index contributed by atoms with van der Waals surface area (Å²) in [4.78, 5) is 17.5. The Bertz CT molecular complexity index is 2130. The molecular weight excluding hydrogens is 536 g/mol. The van der Waals surface area contributed by atoms with Crippen molar-refractivity contribution in [2.24, 2.45) is 0 Å². The fourth-order valence-electron chi connectivity index (χ4n) is 7.22. The van der Waals surface area contributed by atoms with Crippen LogP contribution >= 0.6 is 0 Å². The molecule has 0 N–H and O–H groups in total. The summed E-state index contributed by atoms with van der Waals surface area (Å²) in [5.74, 6) is 0.712. The van der Waals surface area contributed by atoms with Crippen LogP contribution in [-0.2, 0) is 5.41 Å². The molecule has 2 aromatic heterocycles. The Labute approximate surface area is 256 Å². The fraction of sp³-hybridized carbons (Fsp3) is 0.0250. The zero-order chi connectivity index (χ0) is 29.1. The second-order valence-electron chi connectivity index (χ2n) is 11.2. The molecule has 0 radical (unpaired) electrons. The van der Waals surface area contributed by atoms with Gasteiger partial charge in [0.05, 0.1) is 28.2 Å². The number of hydrogen-bond acceptors (Lipinski definition) is 4. The maximum atomic E-state index is 5.55. The van der Waals surface area contributed by atoms with Crippen LogP contribution in [0.4, 0.5) is 17.1 Å². The summed E-state index contributed by atoms with van der Waals surface area (Å²) in [6, 6.07) is 51.4. The Hall–Kier alpha value is -5.87. The first-order chi connectivity index (χ1) is 21.9. The number of benzene rings is 5. The van der Waals surface area contributed by atoms with E-state index in [4.69, 9.17) is 9.97 Å². The zero-order valence-corrected chi connectivity index (χ0v) is 23.8. The molecule has 0 bridgehead atoms. The van der Waals surface area contributed by atoms with E-state index in [0.717, 1.165) is 50.7 Å². The standard InChI is InChI=1S/C40H26N4/c1-3-13-28(14-4-1)39-42-37(27-23-25-41-26-24-27)36-30-17-7-8-18-31(30)40(38(36)43-39)32-19-9-11-21-34(32)44(29-15-5-2-6-16-29)35-22-12-10-20-33(35)40/h1-26H. The number of fused-ring (bicyclic) bond motifs is 9. The van der Waals surface area contributed by atoms with Gasteiger partial charge in [-0.25, -0.2) is 9.97 Å². The lowest BCUT2D eigenvalue weighted by Crippen LogP contribution is -2.37. The van der Waals surface area contributed by atoms with Gasteiger partial charge in [-0.1, -0.05) is 109 Å². The van der Waals surface area contributed by atoms with Crippen molar-refractivity contribution in [1.82, 2.24) is 15.0 Å². The van der Waals surface area contributed by atoms with Crippen LogP contribution in [0.15, 0.2) is 158 Å². The van der Waals surface area contributed by atoms with Crippen molar-refractivity contribution in [3.8, 4) is 33.8 Å². The van der Waals surface area contributed by atoms with E-state index in [-0.39, 0.29) is 0 Å². The van der Waals surface area contributed by atoms with Crippen LogP contribution in [0.2, 0.25) is 0 Å². The minimum absolute atomic E-state index is 0.654. The molecule has 0 amide bonds. The van der Waals surface area contributed by atoms with Crippen LogP contribution in [0.1, 0.15) is 22.4 Å². The molecule has 0 atom stereocenters. The first-order valence-electron chi connectivity index (χ1n) is 14.9. The van der Waals surface area contributed by atoms with Crippen LogP contribution in [0.3, 0.4) is 0 Å². The van der Waals surface area contributed by atoms with E-state index in [9.17, 15) is 0 Å². The van der Waals surface area contributed by atoms with Crippen LogP contribution in [0.25, 0.3) is 33.8 Å². The van der Waals surface area contributed by atoms with Gasteiger partial charge in [-0.15, -0.1) is 0 Å². The Morgan fingerprint density at radius 2 is 1.05 bits per heavy atom. The number of anilines is 3. The third kappa shape index (κ3) is 3.36. The van der Waals surface area contributed by atoms with Crippen LogP contribution in [0, 0.1) is 0 Å². The minimum Gasteiger partial charge on any atom is -0.310 e. The number of para-hydroxylation sites is 3. The van der Waals surface area contributed by atoms with Gasteiger partial charge in [-0.3, -0.25) is 4.98 Å². The van der Waals surface area contributed by atoms with Crippen molar-refractivity contribution in [1.29, 1.82) is 0 Å². The van der Waals surface area contributed by atoms with E-state index in [1.807, 2.05) is 42.7 Å². The molecule has 0 saturated heterocycles. The van der Waals surface area contributed by atoms with Gasteiger partial charge in [0, 0.05) is 34.8 Å². The SMILES string of the molecule is c1ccc(-c2nc(-c3ccncc3)c3c(n2)C2(c4ccccc4-3)c3ccccc3N(c3ccccc3)c3ccccc32)cc1. The van der Waals surface area contributed by atoms with Crippen LogP contribution in [0.5, 0.6) is 0 Å². The summed E-state index contributed by atoms with van der Waals surface area (Å²) in [5.41, 5.74) is 12.5. The molecule has 0 fully saturated rings. The zero-order valence-electron chi connectivity index (χ0n) is 23.8. The normalized spacial score (nSPS) is 13.6. The smallest absolute Gasteiger partial charge is 0.160 e. The molecule has 5 aromatic carbocycles. The summed E-state index contributed by atoms with van der Waals surface area (Å²) in [7, 11) is 0. The predicted octanol–water partition coefficient (Wildman–Crippen LogP) is 9.35. The van der Waals surface area contributed by atoms with Gasteiger partial charge in [0.1, 0.15) is 0 Å². The Morgan fingerprint density at radius 3 is 1.73 bits per heavy atom. The minimum atomic E-state index is -0.654. The Balaban J connectivity index is 1.46. The van der Waals surface area contributed by atoms with Gasteiger partial charge in [0.15, 0.2) is 5.82 Å². The molecular formula is C40H26N4. The highest BCUT2D eigenvalue weighted by Crippen LogP contribution is 2.63. The highest BCUT2D eigenvalue weighted by atomic mass is 15.2. The Morgan fingerprint density at radius 1 is 0.477 bits per heavy atom. The van der Waals surface area contributed by atoms with Crippen molar-refractivity contribution in [3.63, 3.8) is 0 Å². The molecule has 7 aromatic rings. The molecule has 44 heavy (non-hydrogen) atoms. The van der Waals surface area contributed by atoms with Crippen molar-refractivity contribution in [3.05, 3.63) is 180 Å². The molecule has 1 aliphatic heterocycles. The summed E-state index contributed by atoms with van der Waals surface area (Å²) in [6.07, 6.45) is 3.68. The number of hydrogen-bond donors (Lipinski definition) is 0. The highest BCUT2D eigenvalue weighted by Gasteiger charge is 2.54. The van der Waals surface area contributed by atoms with Crippen molar-refractivity contribution in [2.75, 3.05) is 4.90 Å². The lowest BCUT2D eigenvalue weighted by atomic mass is 9.66. The largest absolute Gasteiger partial charge is 0.310 e. The van der Waals surface area contributed by atoms with Crippen LogP contribution in [-0.4, -0.2) is 15.0 Å². The second-order valence-corrected chi connectivity index (χ2v) is 11.2. The number of aromatic nitrogens is 3. The molecule has 1 aliphatic carbocycles. The number of rotatable bonds is 3. The van der Waals surface area contributed by atoms with Gasteiger partial charge in [0.25, 0.3) is 0 Å². The Kier molecular flexibility index (Phi) is 5.38. The van der Waals surface area contributed by atoms with Gasteiger partial charge in [-0.05, 0) is 58.7 Å². The number of nitrogens with zero attached hydrogens (tertiary/aromatic N) is 4. The van der Waals surface area contributed by atoms with E-state index >= 15 is 0 Å². The fourth-order valence-corrected chi connectivity index (χ4v) is 7.22. The lowest BCUT2D eigenvalue weighted by Gasteiger charge is -2.44. The van der Waals surface area contributed by atoms with Gasteiger partial charge in [0.2, 0.25) is 0 Å². The average Bonchev–Trinajstić information content (AvgIpc) is 3.40. The van der Waals surface area contributed by atoms with E-state index in [2.05, 4.69) is 125 Å². The van der Waals surface area contributed by atoms with Gasteiger partial charge >= 0.3 is 0 Å². The second kappa shape index (κ2) is 9.58. The summed E-state index contributed by atoms with van der Waals surface area (Å²) >= 11 is 0. The molecule has 0 unspecified atom stereocenters. The molecule has 206 valence electrons. The molecule has 3 heterocycles.